The molecule has 3 nitrogen and oxygen atoms in total. The quantitative estimate of drug-likeness (QED) is 0.233. The van der Waals surface area contributed by atoms with Gasteiger partial charge in [0.15, 0.2) is 5.13 Å². The van der Waals surface area contributed by atoms with Crippen LogP contribution in [0.2, 0.25) is 0 Å². The molecule has 2 heterocycles. The van der Waals surface area contributed by atoms with Crippen molar-refractivity contribution in [1.29, 1.82) is 0 Å². The molecule has 1 aliphatic heterocycles. The largest absolute Gasteiger partial charge is 1.00 e. The van der Waals surface area contributed by atoms with Crippen molar-refractivity contribution in [3.05, 3.63) is 144 Å². The first-order valence-electron chi connectivity index (χ1n) is 12.8. The van der Waals surface area contributed by atoms with Crippen LogP contribution in [-0.2, 0) is 0 Å². The van der Waals surface area contributed by atoms with Gasteiger partial charge in [0.2, 0.25) is 0 Å². The van der Waals surface area contributed by atoms with Gasteiger partial charge in [-0.3, -0.25) is 0 Å². The number of thiazole rings is 1. The summed E-state index contributed by atoms with van der Waals surface area (Å²) >= 11 is 1.74. The number of rotatable bonds is 6. The average Bonchev–Trinajstić information content (AvgIpc) is 3.40. The minimum atomic E-state index is -0.0144. The van der Waals surface area contributed by atoms with Gasteiger partial charge in [-0.25, -0.2) is 4.98 Å². The monoisotopic (exact) mass is 638 g/mol. The number of fused-ring (bicyclic) bond motifs is 1. The maximum atomic E-state index is 5.08. The summed E-state index contributed by atoms with van der Waals surface area (Å²) in [7, 11) is 4.13. The molecule has 0 saturated heterocycles. The molecule has 1 unspecified atom stereocenters. The van der Waals surface area contributed by atoms with Gasteiger partial charge in [0.25, 0.3) is 0 Å². The summed E-state index contributed by atoms with van der Waals surface area (Å²) in [6.45, 7) is 0. The maximum absolute atomic E-state index is 5.08. The van der Waals surface area contributed by atoms with E-state index in [0.717, 1.165) is 16.3 Å². The molecule has 6 rings (SSSR count). The van der Waals surface area contributed by atoms with Crippen molar-refractivity contribution < 1.29 is 24.0 Å². The predicted octanol–water partition coefficient (Wildman–Crippen LogP) is 5.39. The van der Waals surface area contributed by atoms with Crippen molar-refractivity contribution in [2.45, 2.75) is 6.04 Å². The number of hydrogen-bond acceptors (Lipinski definition) is 4. The van der Waals surface area contributed by atoms with Gasteiger partial charge in [0.05, 0.1) is 22.0 Å². The summed E-state index contributed by atoms with van der Waals surface area (Å²) in [5.41, 5.74) is 8.12. The molecule has 4 aromatic carbocycles. The third kappa shape index (κ3) is 5.84. The number of para-hydroxylation sites is 1. The first kappa shape index (κ1) is 26.9. The fourth-order valence-electron chi connectivity index (χ4n) is 4.75. The van der Waals surface area contributed by atoms with Gasteiger partial charge in [0, 0.05) is 19.8 Å². The third-order valence-corrected chi connectivity index (χ3v) is 7.80. The fraction of sp³-hybridized carbons (Fsp3) is 0.0882. The summed E-state index contributed by atoms with van der Waals surface area (Å²) in [5, 5.41) is 0.988. The van der Waals surface area contributed by atoms with Gasteiger partial charge in [-0.15, -0.1) is 0 Å². The Bertz CT molecular complexity index is 1600. The van der Waals surface area contributed by atoms with Gasteiger partial charge in [0.1, 0.15) is 0 Å². The van der Waals surface area contributed by atoms with Crippen molar-refractivity contribution >= 4 is 49.7 Å². The topological polar surface area (TPSA) is 19.4 Å². The van der Waals surface area contributed by atoms with Crippen molar-refractivity contribution in [3.63, 3.8) is 0 Å². The summed E-state index contributed by atoms with van der Waals surface area (Å²) in [6.07, 6.45) is 9.15. The highest BCUT2D eigenvalue weighted by molar-refractivity contribution is 7.22. The van der Waals surface area contributed by atoms with Crippen LogP contribution in [0.25, 0.3) is 27.6 Å². The van der Waals surface area contributed by atoms with E-state index >= 15 is 0 Å². The second kappa shape index (κ2) is 12.0. The maximum Gasteiger partial charge on any atom is 0.191 e. The van der Waals surface area contributed by atoms with Crippen LogP contribution < -0.4 is 33.8 Å². The highest BCUT2D eigenvalue weighted by atomic mass is 127. The highest BCUT2D eigenvalue weighted by Gasteiger charge is 2.27. The Morgan fingerprint density at radius 2 is 1.41 bits per heavy atom. The summed E-state index contributed by atoms with van der Waals surface area (Å²) in [6, 6.07) is 38.3. The Hall–Kier alpha value is -3.68. The minimum Gasteiger partial charge on any atom is -1.00 e. The first-order valence-corrected chi connectivity index (χ1v) is 13.6. The molecule has 0 amide bonds. The lowest BCUT2D eigenvalue weighted by atomic mass is 9.94. The Kier molecular flexibility index (Phi) is 8.29. The molecule has 0 aliphatic carbocycles. The van der Waals surface area contributed by atoms with Gasteiger partial charge in [-0.1, -0.05) is 108 Å². The van der Waals surface area contributed by atoms with Crippen LogP contribution in [0.3, 0.4) is 0 Å². The van der Waals surface area contributed by atoms with Crippen molar-refractivity contribution in [2.24, 2.45) is 0 Å². The van der Waals surface area contributed by atoms with Gasteiger partial charge in [-0.05, 0) is 58.7 Å². The molecule has 5 heteroatoms. The van der Waals surface area contributed by atoms with Crippen LogP contribution in [-0.4, -0.2) is 25.1 Å². The molecule has 0 bridgehead atoms. The van der Waals surface area contributed by atoms with Crippen molar-refractivity contribution in [3.8, 4) is 0 Å². The Morgan fingerprint density at radius 1 is 0.769 bits per heavy atom. The molecular weight excluding hydrogens is 609 g/mol. The van der Waals surface area contributed by atoms with E-state index in [2.05, 4.69) is 157 Å². The van der Waals surface area contributed by atoms with E-state index in [4.69, 9.17) is 4.98 Å². The molecule has 0 N–H and O–H groups in total. The molecule has 5 aromatic rings. The number of benzene rings is 4. The SMILES string of the molecule is CN(C)c1ccc(/C=C/C2C=C(c3ccccc3)C=C(c3ccccc3)N2c2nc3ccccc3s2)cc1.[I-]. The Labute approximate surface area is 251 Å². The van der Waals surface area contributed by atoms with Crippen LogP contribution in [0.15, 0.2) is 127 Å². The average molecular weight is 639 g/mol. The number of anilines is 2. The highest BCUT2D eigenvalue weighted by Crippen LogP contribution is 2.40. The molecule has 194 valence electrons. The van der Waals surface area contributed by atoms with E-state index in [1.165, 1.54) is 32.7 Å². The number of allylic oxidation sites excluding steroid dienone is 2. The molecule has 1 aliphatic rings. The molecule has 1 aromatic heterocycles. The van der Waals surface area contributed by atoms with Crippen molar-refractivity contribution in [2.75, 3.05) is 23.9 Å². The lowest BCUT2D eigenvalue weighted by Gasteiger charge is -2.34. The van der Waals surface area contributed by atoms with Crippen LogP contribution >= 0.6 is 11.3 Å². The van der Waals surface area contributed by atoms with E-state index in [0.29, 0.717) is 0 Å². The Balaban J connectivity index is 0.00000308. The standard InChI is InChI=1S/C34H29N3S.HI/c1-36(2)29-20-17-25(18-21-29)19-22-30-23-28(26-11-5-3-6-12-26)24-32(27-13-7-4-8-14-27)37(30)34-35-31-15-9-10-16-33(31)38-34;/h3-24,30H,1-2H3;1H/p-1/b22-19+;. The van der Waals surface area contributed by atoms with Crippen molar-refractivity contribution in [1.82, 2.24) is 4.98 Å². The molecule has 1 atom stereocenters. The Morgan fingerprint density at radius 3 is 2.08 bits per heavy atom. The van der Waals surface area contributed by atoms with Gasteiger partial charge < -0.3 is 33.8 Å². The zero-order valence-electron chi connectivity index (χ0n) is 21.9. The van der Waals surface area contributed by atoms with E-state index < -0.39 is 0 Å². The smallest absolute Gasteiger partial charge is 0.191 e. The van der Waals surface area contributed by atoms with E-state index in [1.807, 2.05) is 0 Å². The predicted molar refractivity (Wildman–Crippen MR) is 165 cm³/mol. The molecule has 0 saturated carbocycles. The van der Waals surface area contributed by atoms with Crippen LogP contribution in [0.1, 0.15) is 16.7 Å². The van der Waals surface area contributed by atoms with Gasteiger partial charge in [-0.2, -0.15) is 0 Å². The second-order valence-corrected chi connectivity index (χ2v) is 10.6. The zero-order valence-corrected chi connectivity index (χ0v) is 24.9. The number of halogens is 1. The summed E-state index contributed by atoms with van der Waals surface area (Å²) in [5.74, 6) is 0. The lowest BCUT2D eigenvalue weighted by Crippen LogP contribution is -3.00. The summed E-state index contributed by atoms with van der Waals surface area (Å²) in [4.78, 5) is 9.57. The molecule has 0 radical (unpaired) electrons. The molecule has 39 heavy (non-hydrogen) atoms. The second-order valence-electron chi connectivity index (χ2n) is 9.55. The molecule has 0 fully saturated rings. The molecular formula is C34H29IN3S-. The zero-order chi connectivity index (χ0) is 25.9. The van der Waals surface area contributed by atoms with E-state index in [9.17, 15) is 0 Å². The number of aromatic nitrogens is 1. The van der Waals surface area contributed by atoms with E-state index in [1.54, 1.807) is 11.3 Å². The molecule has 0 spiro atoms. The minimum absolute atomic E-state index is 0. The first-order chi connectivity index (χ1) is 18.7. The van der Waals surface area contributed by atoms with Gasteiger partial charge >= 0.3 is 0 Å². The number of hydrogen-bond donors (Lipinski definition) is 0. The van der Waals surface area contributed by atoms with E-state index in [-0.39, 0.29) is 30.0 Å². The number of nitrogens with zero attached hydrogens (tertiary/aromatic N) is 3. The van der Waals surface area contributed by atoms with Crippen LogP contribution in [0.4, 0.5) is 10.8 Å². The summed E-state index contributed by atoms with van der Waals surface area (Å²) < 4.78 is 1.19. The van der Waals surface area contributed by atoms with Crippen LogP contribution in [0, 0.1) is 0 Å². The lowest BCUT2D eigenvalue weighted by molar-refractivity contribution is -0.00000727. The van der Waals surface area contributed by atoms with Crippen LogP contribution in [0.5, 0.6) is 0 Å². The fourth-order valence-corrected chi connectivity index (χ4v) is 5.78. The third-order valence-electron chi connectivity index (χ3n) is 6.76. The normalized spacial score (nSPS) is 15.1.